The molecule has 2 N–H and O–H groups in total. The number of nitrogens with one attached hydrogen (secondary N) is 1. The monoisotopic (exact) mass is 312 g/mol. The van der Waals surface area contributed by atoms with Crippen molar-refractivity contribution < 1.29 is 19.6 Å². The zero-order valence-corrected chi connectivity index (χ0v) is 12.3. The van der Waals surface area contributed by atoms with Crippen LogP contribution in [0.5, 0.6) is 0 Å². The molecule has 0 atom stereocenters. The maximum atomic E-state index is 12.1. The molecule has 21 heavy (non-hydrogen) atoms. The average molecular weight is 312 g/mol. The number of nitrogens with zero attached hydrogens (tertiary/aromatic N) is 1. The standard InChI is InChI=1S/C13H16N2O5S/c1-2-21-11-6-5-9(15(19)20)8-10(11)13(18)14-7-3-4-12(16)17/h5-6,8H,2-4,7H2,1H3,(H,14,18)(H,16,17). The van der Waals surface area contributed by atoms with Gasteiger partial charge in [-0.25, -0.2) is 0 Å². The molecule has 0 radical (unpaired) electrons. The normalized spacial score (nSPS) is 10.1. The van der Waals surface area contributed by atoms with E-state index in [0.717, 1.165) is 5.75 Å². The minimum atomic E-state index is -0.929. The van der Waals surface area contributed by atoms with Crippen LogP contribution in [-0.4, -0.2) is 34.2 Å². The van der Waals surface area contributed by atoms with Crippen LogP contribution in [0, 0.1) is 10.1 Å². The third-order valence-electron chi connectivity index (χ3n) is 2.57. The van der Waals surface area contributed by atoms with Gasteiger partial charge >= 0.3 is 5.97 Å². The Morgan fingerprint density at radius 2 is 2.14 bits per heavy atom. The molecule has 0 unspecified atom stereocenters. The molecule has 1 aromatic carbocycles. The molecule has 0 saturated carbocycles. The first-order valence-corrected chi connectivity index (χ1v) is 7.35. The van der Waals surface area contributed by atoms with Crippen molar-refractivity contribution in [3.8, 4) is 0 Å². The first kappa shape index (κ1) is 17.0. The molecule has 0 heterocycles. The summed E-state index contributed by atoms with van der Waals surface area (Å²) < 4.78 is 0. The number of carbonyl (C=O) groups excluding carboxylic acids is 1. The predicted molar refractivity (Wildman–Crippen MR) is 78.7 cm³/mol. The minimum absolute atomic E-state index is 0.0359. The number of nitro groups is 1. The molecule has 0 aromatic heterocycles. The number of carbonyl (C=O) groups is 2. The number of rotatable bonds is 8. The second-order valence-corrected chi connectivity index (χ2v) is 5.43. The molecule has 1 rings (SSSR count). The van der Waals surface area contributed by atoms with E-state index in [1.165, 1.54) is 23.9 Å². The molecule has 1 amide bonds. The van der Waals surface area contributed by atoms with Crippen molar-refractivity contribution in [2.45, 2.75) is 24.7 Å². The summed E-state index contributed by atoms with van der Waals surface area (Å²) in [5.41, 5.74) is 0.0949. The summed E-state index contributed by atoms with van der Waals surface area (Å²) in [5.74, 6) is -0.626. The third kappa shape index (κ3) is 5.42. The maximum Gasteiger partial charge on any atom is 0.303 e. The molecule has 0 saturated heterocycles. The van der Waals surface area contributed by atoms with Crippen LogP contribution >= 0.6 is 11.8 Å². The van der Waals surface area contributed by atoms with Crippen LogP contribution in [0.15, 0.2) is 23.1 Å². The van der Waals surface area contributed by atoms with Gasteiger partial charge in [0.1, 0.15) is 0 Å². The molecule has 114 valence electrons. The molecular weight excluding hydrogens is 296 g/mol. The summed E-state index contributed by atoms with van der Waals surface area (Å²) in [6, 6.07) is 4.15. The highest BCUT2D eigenvalue weighted by atomic mass is 32.2. The zero-order valence-electron chi connectivity index (χ0n) is 11.5. The van der Waals surface area contributed by atoms with Gasteiger partial charge in [0.2, 0.25) is 0 Å². The van der Waals surface area contributed by atoms with E-state index in [0.29, 0.717) is 11.3 Å². The molecule has 0 bridgehead atoms. The lowest BCUT2D eigenvalue weighted by Gasteiger charge is -2.09. The van der Waals surface area contributed by atoms with Crippen LogP contribution in [0.25, 0.3) is 0 Å². The number of thioether (sulfide) groups is 1. The highest BCUT2D eigenvalue weighted by Gasteiger charge is 2.16. The molecule has 0 aliphatic heterocycles. The lowest BCUT2D eigenvalue weighted by molar-refractivity contribution is -0.384. The summed E-state index contributed by atoms with van der Waals surface area (Å²) in [6.45, 7) is 2.13. The highest BCUT2D eigenvalue weighted by Crippen LogP contribution is 2.26. The molecule has 0 aliphatic rings. The van der Waals surface area contributed by atoms with Gasteiger partial charge in [-0.2, -0.15) is 0 Å². The quantitative estimate of drug-likeness (QED) is 0.330. The van der Waals surface area contributed by atoms with E-state index in [2.05, 4.69) is 5.32 Å². The van der Waals surface area contributed by atoms with Crippen LogP contribution in [-0.2, 0) is 4.79 Å². The Labute approximate surface area is 125 Å². The van der Waals surface area contributed by atoms with E-state index in [9.17, 15) is 19.7 Å². The number of carboxylic acids is 1. The first-order valence-electron chi connectivity index (χ1n) is 6.37. The molecule has 0 fully saturated rings. The fraction of sp³-hybridized carbons (Fsp3) is 0.385. The number of hydrogen-bond donors (Lipinski definition) is 2. The van der Waals surface area contributed by atoms with Gasteiger partial charge in [-0.05, 0) is 18.2 Å². The lowest BCUT2D eigenvalue weighted by Crippen LogP contribution is -2.25. The summed E-state index contributed by atoms with van der Waals surface area (Å²) in [6.07, 6.45) is 0.276. The Hall–Kier alpha value is -2.09. The summed E-state index contributed by atoms with van der Waals surface area (Å²) >= 11 is 1.42. The minimum Gasteiger partial charge on any atom is -0.481 e. The molecule has 7 nitrogen and oxygen atoms in total. The Bertz CT molecular complexity index is 547. The molecule has 1 aromatic rings. The molecule has 0 spiro atoms. The smallest absolute Gasteiger partial charge is 0.303 e. The summed E-state index contributed by atoms with van der Waals surface area (Å²) in [5, 5.41) is 21.9. The number of aliphatic carboxylic acids is 1. The number of nitro benzene ring substituents is 1. The Balaban J connectivity index is 2.81. The van der Waals surface area contributed by atoms with Crippen LogP contribution in [0.1, 0.15) is 30.1 Å². The highest BCUT2D eigenvalue weighted by molar-refractivity contribution is 7.99. The topological polar surface area (TPSA) is 110 Å². The van der Waals surface area contributed by atoms with Gasteiger partial charge in [0.15, 0.2) is 0 Å². The van der Waals surface area contributed by atoms with Crippen molar-refractivity contribution in [3.05, 3.63) is 33.9 Å². The molecule has 8 heteroatoms. The van der Waals surface area contributed by atoms with Crippen molar-refractivity contribution in [3.63, 3.8) is 0 Å². The SMILES string of the molecule is CCSc1ccc([N+](=O)[O-])cc1C(=O)NCCCC(=O)O. The average Bonchev–Trinajstić information content (AvgIpc) is 2.43. The van der Waals surface area contributed by atoms with Crippen molar-refractivity contribution in [1.82, 2.24) is 5.32 Å². The van der Waals surface area contributed by atoms with Crippen LogP contribution < -0.4 is 5.32 Å². The van der Waals surface area contributed by atoms with Gasteiger partial charge in [0.25, 0.3) is 11.6 Å². The van der Waals surface area contributed by atoms with E-state index in [-0.39, 0.29) is 24.2 Å². The Morgan fingerprint density at radius 3 is 2.71 bits per heavy atom. The van der Waals surface area contributed by atoms with Crippen LogP contribution in [0.4, 0.5) is 5.69 Å². The zero-order chi connectivity index (χ0) is 15.8. The number of carboxylic acid groups (broad SMARTS) is 1. The van der Waals surface area contributed by atoms with Crippen molar-refractivity contribution >= 4 is 29.3 Å². The predicted octanol–water partition coefficient (Wildman–Crippen LogP) is 2.30. The first-order chi connectivity index (χ1) is 9.95. The number of amides is 1. The number of benzene rings is 1. The Kier molecular flexibility index (Phi) is 6.67. The Morgan fingerprint density at radius 1 is 1.43 bits per heavy atom. The number of hydrogen-bond acceptors (Lipinski definition) is 5. The van der Waals surface area contributed by atoms with E-state index in [4.69, 9.17) is 5.11 Å². The van der Waals surface area contributed by atoms with Gasteiger partial charge in [-0.1, -0.05) is 6.92 Å². The fourth-order valence-corrected chi connectivity index (χ4v) is 2.41. The van der Waals surface area contributed by atoms with E-state index >= 15 is 0 Å². The van der Waals surface area contributed by atoms with Crippen molar-refractivity contribution in [2.24, 2.45) is 0 Å². The van der Waals surface area contributed by atoms with Crippen molar-refractivity contribution in [1.29, 1.82) is 0 Å². The second kappa shape index (κ2) is 8.25. The van der Waals surface area contributed by atoms with Crippen LogP contribution in [0.2, 0.25) is 0 Å². The molecule has 0 aliphatic carbocycles. The van der Waals surface area contributed by atoms with Gasteiger partial charge < -0.3 is 10.4 Å². The van der Waals surface area contributed by atoms with E-state index < -0.39 is 16.8 Å². The van der Waals surface area contributed by atoms with Crippen LogP contribution in [0.3, 0.4) is 0 Å². The van der Waals surface area contributed by atoms with Gasteiger partial charge in [-0.15, -0.1) is 11.8 Å². The van der Waals surface area contributed by atoms with Gasteiger partial charge in [-0.3, -0.25) is 19.7 Å². The largest absolute Gasteiger partial charge is 0.481 e. The van der Waals surface area contributed by atoms with Gasteiger partial charge in [0.05, 0.1) is 10.5 Å². The second-order valence-electron chi connectivity index (χ2n) is 4.12. The van der Waals surface area contributed by atoms with Crippen molar-refractivity contribution in [2.75, 3.05) is 12.3 Å². The maximum absolute atomic E-state index is 12.1. The van der Waals surface area contributed by atoms with E-state index in [1.54, 1.807) is 6.07 Å². The van der Waals surface area contributed by atoms with E-state index in [1.807, 2.05) is 6.92 Å². The summed E-state index contributed by atoms with van der Waals surface area (Å²) in [7, 11) is 0. The summed E-state index contributed by atoms with van der Waals surface area (Å²) in [4.78, 5) is 33.3. The third-order valence-corrected chi connectivity index (χ3v) is 3.53. The lowest BCUT2D eigenvalue weighted by atomic mass is 10.2. The van der Waals surface area contributed by atoms with Gasteiger partial charge in [0, 0.05) is 30.0 Å². The number of non-ortho nitro benzene ring substituents is 1. The fourth-order valence-electron chi connectivity index (χ4n) is 1.63. The molecular formula is C13H16N2O5S.